The first-order valence-electron chi connectivity index (χ1n) is 7.91. The maximum atomic E-state index is 6.12. The average Bonchev–Trinajstić information content (AvgIpc) is 2.50. The van der Waals surface area contributed by atoms with Crippen LogP contribution in [0.3, 0.4) is 0 Å². The molecule has 0 bridgehead atoms. The monoisotopic (exact) mass is 279 g/mol. The first kappa shape index (κ1) is 16.9. The molecule has 0 aliphatic rings. The fourth-order valence-electron chi connectivity index (χ4n) is 2.28. The number of hydrogen-bond acceptors (Lipinski definition) is 4. The van der Waals surface area contributed by atoms with Crippen molar-refractivity contribution in [3.05, 3.63) is 17.8 Å². The van der Waals surface area contributed by atoms with Crippen LogP contribution in [0.4, 0.5) is 0 Å². The van der Waals surface area contributed by atoms with E-state index in [1.165, 1.54) is 51.4 Å². The Kier molecular flexibility index (Phi) is 8.96. The largest absolute Gasteiger partial charge is 0.480 e. The summed E-state index contributed by atoms with van der Waals surface area (Å²) in [7, 11) is 1.59. The van der Waals surface area contributed by atoms with Crippen molar-refractivity contribution in [1.29, 1.82) is 0 Å². The van der Waals surface area contributed by atoms with Crippen LogP contribution in [0.5, 0.6) is 5.88 Å². The normalized spacial score (nSPS) is 12.3. The Balaban J connectivity index is 2.08. The Morgan fingerprint density at radius 2 is 1.65 bits per heavy atom. The van der Waals surface area contributed by atoms with E-state index in [0.717, 1.165) is 12.1 Å². The van der Waals surface area contributed by atoms with E-state index in [1.807, 2.05) is 12.1 Å². The molecule has 1 rings (SSSR count). The SMILES string of the molecule is CCCCCCCCCCC(N)c1ccc(OC)nn1. The van der Waals surface area contributed by atoms with Gasteiger partial charge in [-0.1, -0.05) is 58.3 Å². The lowest BCUT2D eigenvalue weighted by Crippen LogP contribution is -2.12. The van der Waals surface area contributed by atoms with Gasteiger partial charge in [0.2, 0.25) is 5.88 Å². The summed E-state index contributed by atoms with van der Waals surface area (Å²) in [5.41, 5.74) is 6.98. The van der Waals surface area contributed by atoms with Crippen LogP contribution in [0, 0.1) is 0 Å². The Morgan fingerprint density at radius 1 is 1.00 bits per heavy atom. The van der Waals surface area contributed by atoms with E-state index >= 15 is 0 Å². The molecule has 1 aromatic heterocycles. The van der Waals surface area contributed by atoms with E-state index < -0.39 is 0 Å². The van der Waals surface area contributed by atoms with Gasteiger partial charge in [0, 0.05) is 12.1 Å². The van der Waals surface area contributed by atoms with Gasteiger partial charge in [-0.05, 0) is 12.5 Å². The maximum Gasteiger partial charge on any atom is 0.233 e. The van der Waals surface area contributed by atoms with Gasteiger partial charge < -0.3 is 10.5 Å². The lowest BCUT2D eigenvalue weighted by molar-refractivity contribution is 0.390. The predicted molar refractivity (Wildman–Crippen MR) is 82.7 cm³/mol. The highest BCUT2D eigenvalue weighted by molar-refractivity contribution is 5.13. The number of unbranched alkanes of at least 4 members (excludes halogenated alkanes) is 7. The summed E-state index contributed by atoms with van der Waals surface area (Å²) in [4.78, 5) is 0. The fraction of sp³-hybridized carbons (Fsp3) is 0.750. The first-order valence-corrected chi connectivity index (χ1v) is 7.91. The van der Waals surface area contributed by atoms with Crippen LogP contribution in [-0.2, 0) is 0 Å². The Bertz CT molecular complexity index is 340. The zero-order chi connectivity index (χ0) is 14.6. The molecule has 0 spiro atoms. The molecule has 20 heavy (non-hydrogen) atoms. The van der Waals surface area contributed by atoms with Gasteiger partial charge in [0.05, 0.1) is 12.8 Å². The molecule has 4 heteroatoms. The highest BCUT2D eigenvalue weighted by Crippen LogP contribution is 2.17. The van der Waals surface area contributed by atoms with Gasteiger partial charge in [-0.25, -0.2) is 0 Å². The van der Waals surface area contributed by atoms with Gasteiger partial charge in [0.15, 0.2) is 0 Å². The van der Waals surface area contributed by atoms with Gasteiger partial charge in [-0.15, -0.1) is 5.10 Å². The minimum atomic E-state index is -0.00602. The van der Waals surface area contributed by atoms with Crippen molar-refractivity contribution >= 4 is 0 Å². The molecule has 0 fully saturated rings. The molecule has 1 unspecified atom stereocenters. The smallest absolute Gasteiger partial charge is 0.233 e. The second kappa shape index (κ2) is 10.6. The Labute approximate surface area is 123 Å². The van der Waals surface area contributed by atoms with Crippen LogP contribution in [-0.4, -0.2) is 17.3 Å². The fourth-order valence-corrected chi connectivity index (χ4v) is 2.28. The molecule has 1 heterocycles. The molecular formula is C16H29N3O. The number of methoxy groups -OCH3 is 1. The summed E-state index contributed by atoms with van der Waals surface area (Å²) >= 11 is 0. The molecule has 0 amide bonds. The van der Waals surface area contributed by atoms with Crippen molar-refractivity contribution in [3.63, 3.8) is 0 Å². The first-order chi connectivity index (χ1) is 9.77. The van der Waals surface area contributed by atoms with E-state index in [2.05, 4.69) is 17.1 Å². The molecule has 2 N–H and O–H groups in total. The number of ether oxygens (including phenoxy) is 1. The average molecular weight is 279 g/mol. The summed E-state index contributed by atoms with van der Waals surface area (Å²) in [6, 6.07) is 3.71. The van der Waals surface area contributed by atoms with Crippen molar-refractivity contribution in [2.24, 2.45) is 5.73 Å². The highest BCUT2D eigenvalue weighted by Gasteiger charge is 2.08. The van der Waals surface area contributed by atoms with Crippen molar-refractivity contribution in [2.45, 2.75) is 70.8 Å². The molecule has 1 atom stereocenters. The van der Waals surface area contributed by atoms with Crippen LogP contribution in [0.1, 0.15) is 76.4 Å². The molecule has 0 saturated heterocycles. The molecule has 0 aliphatic heterocycles. The summed E-state index contributed by atoms with van der Waals surface area (Å²) in [5.74, 6) is 0.535. The summed E-state index contributed by atoms with van der Waals surface area (Å²) in [5, 5.41) is 8.05. The lowest BCUT2D eigenvalue weighted by Gasteiger charge is -2.10. The third-order valence-electron chi connectivity index (χ3n) is 3.62. The zero-order valence-electron chi connectivity index (χ0n) is 13.0. The van der Waals surface area contributed by atoms with E-state index in [9.17, 15) is 0 Å². The predicted octanol–water partition coefficient (Wildman–Crippen LogP) is 4.02. The zero-order valence-corrected chi connectivity index (χ0v) is 13.0. The van der Waals surface area contributed by atoms with Gasteiger partial charge in [0.25, 0.3) is 0 Å². The number of hydrogen-bond donors (Lipinski definition) is 1. The van der Waals surface area contributed by atoms with E-state index in [0.29, 0.717) is 5.88 Å². The molecule has 0 saturated carbocycles. The number of rotatable bonds is 11. The Morgan fingerprint density at radius 3 is 2.20 bits per heavy atom. The highest BCUT2D eigenvalue weighted by atomic mass is 16.5. The molecule has 0 aromatic carbocycles. The van der Waals surface area contributed by atoms with Crippen LogP contribution < -0.4 is 10.5 Å². The molecule has 4 nitrogen and oxygen atoms in total. The lowest BCUT2D eigenvalue weighted by atomic mass is 10.0. The van der Waals surface area contributed by atoms with Crippen molar-refractivity contribution in [1.82, 2.24) is 10.2 Å². The standard InChI is InChI=1S/C16H29N3O/c1-3-4-5-6-7-8-9-10-11-14(17)15-12-13-16(20-2)19-18-15/h12-14H,3-11,17H2,1-2H3. The van der Waals surface area contributed by atoms with Gasteiger partial charge in [-0.3, -0.25) is 0 Å². The molecule has 0 radical (unpaired) electrons. The van der Waals surface area contributed by atoms with Crippen LogP contribution in [0.25, 0.3) is 0 Å². The second-order valence-electron chi connectivity index (χ2n) is 5.37. The molecular weight excluding hydrogens is 250 g/mol. The number of aromatic nitrogens is 2. The van der Waals surface area contributed by atoms with E-state index in [4.69, 9.17) is 10.5 Å². The van der Waals surface area contributed by atoms with Crippen LogP contribution in [0.15, 0.2) is 12.1 Å². The minimum Gasteiger partial charge on any atom is -0.480 e. The van der Waals surface area contributed by atoms with Crippen LogP contribution in [0.2, 0.25) is 0 Å². The molecule has 0 aliphatic carbocycles. The van der Waals surface area contributed by atoms with Crippen molar-refractivity contribution < 1.29 is 4.74 Å². The second-order valence-corrected chi connectivity index (χ2v) is 5.37. The van der Waals surface area contributed by atoms with Gasteiger partial charge in [0.1, 0.15) is 0 Å². The minimum absolute atomic E-state index is 0.00602. The molecule has 114 valence electrons. The quantitative estimate of drug-likeness (QED) is 0.622. The summed E-state index contributed by atoms with van der Waals surface area (Å²) in [6.45, 7) is 2.25. The third kappa shape index (κ3) is 6.85. The van der Waals surface area contributed by atoms with Gasteiger partial charge in [-0.2, -0.15) is 5.10 Å². The molecule has 1 aromatic rings. The van der Waals surface area contributed by atoms with Crippen LogP contribution >= 0.6 is 0 Å². The van der Waals surface area contributed by atoms with Crippen molar-refractivity contribution in [3.8, 4) is 5.88 Å². The third-order valence-corrected chi connectivity index (χ3v) is 3.62. The topological polar surface area (TPSA) is 61.0 Å². The number of nitrogens with zero attached hydrogens (tertiary/aromatic N) is 2. The van der Waals surface area contributed by atoms with E-state index in [1.54, 1.807) is 7.11 Å². The van der Waals surface area contributed by atoms with Gasteiger partial charge >= 0.3 is 0 Å². The Hall–Kier alpha value is -1.16. The summed E-state index contributed by atoms with van der Waals surface area (Å²) < 4.78 is 4.99. The van der Waals surface area contributed by atoms with E-state index in [-0.39, 0.29) is 6.04 Å². The van der Waals surface area contributed by atoms with Crippen molar-refractivity contribution in [2.75, 3.05) is 7.11 Å². The number of nitrogens with two attached hydrogens (primary N) is 1. The maximum absolute atomic E-state index is 6.12. The summed E-state index contributed by atoms with van der Waals surface area (Å²) in [6.07, 6.45) is 11.6.